The van der Waals surface area contributed by atoms with Crippen molar-refractivity contribution in [2.75, 3.05) is 44.4 Å². The fourth-order valence-corrected chi connectivity index (χ4v) is 2.67. The molecule has 2 saturated heterocycles. The number of hydrogen-bond donors (Lipinski definition) is 1. The van der Waals surface area contributed by atoms with Crippen molar-refractivity contribution in [3.05, 3.63) is 23.9 Å². The summed E-state index contributed by atoms with van der Waals surface area (Å²) in [5, 5.41) is 2.92. The van der Waals surface area contributed by atoms with Gasteiger partial charge in [0, 0.05) is 19.2 Å². The Morgan fingerprint density at radius 2 is 2.19 bits per heavy atom. The quantitative estimate of drug-likeness (QED) is 0.864. The average Bonchev–Trinajstić information content (AvgIpc) is 3.07. The van der Waals surface area contributed by atoms with E-state index in [-0.39, 0.29) is 12.0 Å². The largest absolute Gasteiger partial charge is 0.376 e. The number of morpholine rings is 1. The molecule has 6 nitrogen and oxygen atoms in total. The first-order chi connectivity index (χ1) is 10.3. The summed E-state index contributed by atoms with van der Waals surface area (Å²) < 4.78 is 10.8. The minimum absolute atomic E-state index is 0.0599. The monoisotopic (exact) mass is 292 g/mol. The minimum Gasteiger partial charge on any atom is -0.376 e. The molecule has 6 heteroatoms. The topological polar surface area (TPSA) is 64.9 Å². The lowest BCUT2D eigenvalue weighted by atomic mass is 10.2. The molecular formula is C15H22N3O3+. The lowest BCUT2D eigenvalue weighted by Gasteiger charge is -2.21. The Hall–Kier alpha value is -1.66. The minimum atomic E-state index is -0.0599. The van der Waals surface area contributed by atoms with Crippen LogP contribution in [0.25, 0.3) is 0 Å². The number of aromatic nitrogens is 1. The number of carbonyl (C=O) groups is 1. The molecule has 1 amide bonds. The number of H-pyrrole nitrogens is 1. The van der Waals surface area contributed by atoms with Gasteiger partial charge in [0.25, 0.3) is 11.7 Å². The van der Waals surface area contributed by atoms with Gasteiger partial charge in [0.15, 0.2) is 0 Å². The summed E-state index contributed by atoms with van der Waals surface area (Å²) in [6.45, 7) is 4.64. The number of aromatic amines is 1. The normalized spacial score (nSPS) is 22.3. The van der Waals surface area contributed by atoms with Crippen molar-refractivity contribution >= 4 is 11.7 Å². The van der Waals surface area contributed by atoms with Gasteiger partial charge in [0.05, 0.1) is 24.9 Å². The lowest BCUT2D eigenvalue weighted by Crippen LogP contribution is -2.39. The van der Waals surface area contributed by atoms with Crippen molar-refractivity contribution in [3.8, 4) is 0 Å². The van der Waals surface area contributed by atoms with E-state index in [0.717, 1.165) is 51.6 Å². The number of nitrogens with one attached hydrogen (secondary N) is 2. The van der Waals surface area contributed by atoms with Gasteiger partial charge >= 0.3 is 0 Å². The second-order valence-electron chi connectivity index (χ2n) is 5.41. The van der Waals surface area contributed by atoms with Gasteiger partial charge < -0.3 is 14.8 Å². The third-order valence-electron chi connectivity index (χ3n) is 3.92. The van der Waals surface area contributed by atoms with Gasteiger partial charge in [-0.05, 0) is 18.9 Å². The Morgan fingerprint density at radius 3 is 2.86 bits per heavy atom. The molecule has 1 atom stereocenters. The molecule has 114 valence electrons. The van der Waals surface area contributed by atoms with Crippen LogP contribution in [0.3, 0.4) is 0 Å². The number of carbonyl (C=O) groups excluding carboxylic acids is 1. The van der Waals surface area contributed by atoms with E-state index < -0.39 is 0 Å². The second-order valence-corrected chi connectivity index (χ2v) is 5.41. The Kier molecular flexibility index (Phi) is 4.67. The highest BCUT2D eigenvalue weighted by molar-refractivity contribution is 5.93. The van der Waals surface area contributed by atoms with Crippen molar-refractivity contribution < 1.29 is 19.3 Å². The molecule has 0 aliphatic carbocycles. The lowest BCUT2D eigenvalue weighted by molar-refractivity contribution is -0.364. The van der Waals surface area contributed by atoms with Gasteiger partial charge in [-0.2, -0.15) is 0 Å². The van der Waals surface area contributed by atoms with Crippen LogP contribution in [0, 0.1) is 0 Å². The highest BCUT2D eigenvalue weighted by Crippen LogP contribution is 2.12. The van der Waals surface area contributed by atoms with Crippen LogP contribution in [0.2, 0.25) is 0 Å². The average molecular weight is 292 g/mol. The first-order valence-electron chi connectivity index (χ1n) is 7.57. The van der Waals surface area contributed by atoms with Gasteiger partial charge in [-0.15, -0.1) is 0 Å². The first kappa shape index (κ1) is 14.3. The van der Waals surface area contributed by atoms with E-state index in [1.165, 1.54) is 0 Å². The predicted octanol–water partition coefficient (Wildman–Crippen LogP) is 0.246. The van der Waals surface area contributed by atoms with Crippen molar-refractivity contribution in [2.24, 2.45) is 0 Å². The third-order valence-corrected chi connectivity index (χ3v) is 3.92. The summed E-state index contributed by atoms with van der Waals surface area (Å²) >= 11 is 0. The number of rotatable bonds is 4. The van der Waals surface area contributed by atoms with Crippen LogP contribution in [0.5, 0.6) is 0 Å². The zero-order valence-electron chi connectivity index (χ0n) is 12.1. The van der Waals surface area contributed by atoms with Crippen LogP contribution >= 0.6 is 0 Å². The molecule has 0 spiro atoms. The summed E-state index contributed by atoms with van der Waals surface area (Å²) in [6, 6.07) is 3.80. The molecule has 3 heterocycles. The van der Waals surface area contributed by atoms with Gasteiger partial charge in [0.2, 0.25) is 0 Å². The molecule has 0 aromatic carbocycles. The maximum Gasteiger partial charge on any atom is 0.274 e. The van der Waals surface area contributed by atoms with Crippen LogP contribution < -0.4 is 15.2 Å². The Morgan fingerprint density at radius 1 is 1.33 bits per heavy atom. The van der Waals surface area contributed by atoms with E-state index in [4.69, 9.17) is 9.47 Å². The van der Waals surface area contributed by atoms with Crippen LogP contribution in [0.1, 0.15) is 23.2 Å². The van der Waals surface area contributed by atoms with Gasteiger partial charge in [-0.25, -0.2) is 4.98 Å². The van der Waals surface area contributed by atoms with Crippen LogP contribution in [0.4, 0.5) is 5.82 Å². The summed E-state index contributed by atoms with van der Waals surface area (Å²) in [7, 11) is 0. The number of hydrogen-bond acceptors (Lipinski definition) is 4. The summed E-state index contributed by atoms with van der Waals surface area (Å²) in [5.41, 5.74) is 0.644. The standard InChI is InChI=1S/C15H21N3O3/c19-15(17-11-13-2-1-7-21-13)12-3-4-14(16-10-12)18-5-8-20-9-6-18/h3-4,10,13H,1-2,5-9,11H2,(H,17,19)/p+1/t13-/m1/s1. The summed E-state index contributed by atoms with van der Waals surface area (Å²) in [4.78, 5) is 17.5. The molecule has 0 bridgehead atoms. The fraction of sp³-hybridized carbons (Fsp3) is 0.600. The molecule has 2 N–H and O–H groups in total. The van der Waals surface area contributed by atoms with Gasteiger partial charge in [-0.3, -0.25) is 9.69 Å². The fourth-order valence-electron chi connectivity index (χ4n) is 2.67. The van der Waals surface area contributed by atoms with Gasteiger partial charge in [-0.1, -0.05) is 0 Å². The number of nitrogens with zero attached hydrogens (tertiary/aromatic N) is 1. The highest BCUT2D eigenvalue weighted by Gasteiger charge is 2.20. The van der Waals surface area contributed by atoms with E-state index in [1.807, 2.05) is 12.1 Å². The summed E-state index contributed by atoms with van der Waals surface area (Å²) in [6.07, 6.45) is 4.05. The molecule has 0 saturated carbocycles. The van der Waals surface area contributed by atoms with E-state index >= 15 is 0 Å². The van der Waals surface area contributed by atoms with Crippen molar-refractivity contribution in [1.29, 1.82) is 0 Å². The maximum absolute atomic E-state index is 12.1. The summed E-state index contributed by atoms with van der Waals surface area (Å²) in [5.74, 6) is 0.962. The molecule has 3 rings (SSSR count). The Balaban J connectivity index is 1.54. The Bertz CT molecular complexity index is 466. The molecule has 1 aromatic rings. The zero-order chi connectivity index (χ0) is 14.5. The number of amides is 1. The van der Waals surface area contributed by atoms with Crippen LogP contribution in [-0.4, -0.2) is 51.5 Å². The van der Waals surface area contributed by atoms with Crippen LogP contribution in [-0.2, 0) is 9.47 Å². The van der Waals surface area contributed by atoms with E-state index in [1.54, 1.807) is 6.20 Å². The predicted molar refractivity (Wildman–Crippen MR) is 77.3 cm³/mol. The van der Waals surface area contributed by atoms with E-state index in [9.17, 15) is 4.79 Å². The molecule has 2 aliphatic heterocycles. The molecular weight excluding hydrogens is 270 g/mol. The molecule has 2 fully saturated rings. The molecule has 0 radical (unpaired) electrons. The SMILES string of the molecule is O=C(NC[C@H]1CCCO1)c1ccc(N2CCOCC2)[nH+]c1. The van der Waals surface area contributed by atoms with E-state index in [0.29, 0.717) is 12.1 Å². The highest BCUT2D eigenvalue weighted by atomic mass is 16.5. The number of ether oxygens (including phenoxy) is 2. The number of pyridine rings is 1. The van der Waals surface area contributed by atoms with Crippen molar-refractivity contribution in [1.82, 2.24) is 5.32 Å². The molecule has 21 heavy (non-hydrogen) atoms. The molecule has 2 aliphatic rings. The van der Waals surface area contributed by atoms with Gasteiger partial charge in [0.1, 0.15) is 19.3 Å². The smallest absolute Gasteiger partial charge is 0.274 e. The van der Waals surface area contributed by atoms with Crippen LogP contribution in [0.15, 0.2) is 18.3 Å². The van der Waals surface area contributed by atoms with Crippen molar-refractivity contribution in [3.63, 3.8) is 0 Å². The second kappa shape index (κ2) is 6.87. The number of anilines is 1. The zero-order valence-corrected chi connectivity index (χ0v) is 12.1. The van der Waals surface area contributed by atoms with E-state index in [2.05, 4.69) is 15.2 Å². The first-order valence-corrected chi connectivity index (χ1v) is 7.57. The molecule has 0 unspecified atom stereocenters. The third kappa shape index (κ3) is 3.71. The molecule has 1 aromatic heterocycles. The van der Waals surface area contributed by atoms with Crippen molar-refractivity contribution in [2.45, 2.75) is 18.9 Å². The maximum atomic E-state index is 12.1. The Labute approximate surface area is 124 Å².